The van der Waals surface area contributed by atoms with Crippen LogP contribution in [0.4, 0.5) is 0 Å². The lowest BCUT2D eigenvalue weighted by Crippen LogP contribution is -2.39. The first-order valence-corrected chi connectivity index (χ1v) is 8.55. The van der Waals surface area contributed by atoms with Gasteiger partial charge in [0.2, 0.25) is 0 Å². The quantitative estimate of drug-likeness (QED) is 0.796. The van der Waals surface area contributed by atoms with Crippen LogP contribution in [-0.4, -0.2) is 50.1 Å². The first-order valence-electron chi connectivity index (χ1n) is 8.55. The summed E-state index contributed by atoms with van der Waals surface area (Å²) in [5, 5.41) is 9.21. The van der Waals surface area contributed by atoms with E-state index in [9.17, 15) is 9.90 Å². The van der Waals surface area contributed by atoms with Crippen LogP contribution in [0, 0.1) is 5.92 Å². The minimum absolute atomic E-state index is 0.00549. The second-order valence-electron chi connectivity index (χ2n) is 6.43. The van der Waals surface area contributed by atoms with Crippen molar-refractivity contribution >= 4 is 16.9 Å². The first kappa shape index (κ1) is 15.8. The molecule has 1 saturated heterocycles. The number of carbonyl (C=O) groups excluding carboxylic acids is 1. The molecule has 1 fully saturated rings. The van der Waals surface area contributed by atoms with E-state index in [1.807, 2.05) is 45.9 Å². The van der Waals surface area contributed by atoms with E-state index in [0.29, 0.717) is 24.6 Å². The molecule has 0 unspecified atom stereocenters. The third-order valence-corrected chi connectivity index (χ3v) is 4.86. The summed E-state index contributed by atoms with van der Waals surface area (Å²) in [6.45, 7) is 1.59. The number of aliphatic hydroxyl groups excluding tert-OH is 1. The van der Waals surface area contributed by atoms with Gasteiger partial charge in [0.1, 0.15) is 12.1 Å². The van der Waals surface area contributed by atoms with E-state index in [4.69, 9.17) is 0 Å². The van der Waals surface area contributed by atoms with Gasteiger partial charge in [0.05, 0.1) is 16.6 Å². The number of nitrogens with zero attached hydrogens (tertiary/aromatic N) is 4. The Morgan fingerprint density at radius 1 is 1.12 bits per heavy atom. The largest absolute Gasteiger partial charge is 0.396 e. The second-order valence-corrected chi connectivity index (χ2v) is 6.43. The van der Waals surface area contributed by atoms with Gasteiger partial charge in [-0.3, -0.25) is 9.36 Å². The number of carbonyl (C=O) groups is 1. The Hall–Kier alpha value is -2.73. The lowest BCUT2D eigenvalue weighted by atomic mass is 9.97. The number of aromatic nitrogens is 3. The molecule has 0 radical (unpaired) electrons. The highest BCUT2D eigenvalue weighted by molar-refractivity contribution is 5.94. The summed E-state index contributed by atoms with van der Waals surface area (Å²) in [4.78, 5) is 23.3. The van der Waals surface area contributed by atoms with E-state index >= 15 is 0 Å². The zero-order valence-electron chi connectivity index (χ0n) is 13.9. The predicted molar refractivity (Wildman–Crippen MR) is 94.6 cm³/mol. The van der Waals surface area contributed by atoms with Gasteiger partial charge in [-0.2, -0.15) is 0 Å². The molecule has 6 heteroatoms. The molecule has 0 saturated carbocycles. The summed E-state index contributed by atoms with van der Waals surface area (Å²) in [7, 11) is 0. The monoisotopic (exact) mass is 336 g/mol. The average molecular weight is 336 g/mol. The molecule has 128 valence electrons. The SMILES string of the molecule is O=C(c1ccc(-n2cnc3ccccc32)nc1)N1CCC(CO)CC1. The molecule has 0 spiro atoms. The van der Waals surface area contributed by atoms with Crippen molar-refractivity contribution in [3.05, 3.63) is 54.5 Å². The Bertz CT molecular complexity index is 880. The number of piperidine rings is 1. The number of rotatable bonds is 3. The fraction of sp³-hybridized carbons (Fsp3) is 0.316. The topological polar surface area (TPSA) is 71.2 Å². The summed E-state index contributed by atoms with van der Waals surface area (Å²) in [5.74, 6) is 1.06. The standard InChI is InChI=1S/C19H20N4O2/c24-12-14-7-9-22(10-8-14)19(25)15-5-6-18(20-11-15)23-13-21-16-3-1-2-4-17(16)23/h1-6,11,13-14,24H,7-10,12H2. The van der Waals surface area contributed by atoms with Gasteiger partial charge < -0.3 is 10.0 Å². The molecule has 3 aromatic rings. The fourth-order valence-electron chi connectivity index (χ4n) is 3.30. The second kappa shape index (κ2) is 6.64. The summed E-state index contributed by atoms with van der Waals surface area (Å²) in [5.41, 5.74) is 2.49. The van der Waals surface area contributed by atoms with Crippen molar-refractivity contribution in [2.45, 2.75) is 12.8 Å². The third-order valence-electron chi connectivity index (χ3n) is 4.86. The van der Waals surface area contributed by atoms with E-state index in [1.54, 1.807) is 12.5 Å². The first-order chi connectivity index (χ1) is 12.3. The van der Waals surface area contributed by atoms with Crippen molar-refractivity contribution < 1.29 is 9.90 Å². The molecule has 1 N–H and O–H groups in total. The number of likely N-dealkylation sites (tertiary alicyclic amines) is 1. The van der Waals surface area contributed by atoms with Crippen molar-refractivity contribution in [1.29, 1.82) is 0 Å². The number of para-hydroxylation sites is 2. The Balaban J connectivity index is 1.53. The lowest BCUT2D eigenvalue weighted by molar-refractivity contribution is 0.0650. The number of imidazole rings is 1. The molecular weight excluding hydrogens is 316 g/mol. The van der Waals surface area contributed by atoms with Gasteiger partial charge in [-0.1, -0.05) is 12.1 Å². The molecule has 25 heavy (non-hydrogen) atoms. The molecule has 0 atom stereocenters. The number of benzene rings is 1. The highest BCUT2D eigenvalue weighted by atomic mass is 16.3. The summed E-state index contributed by atoms with van der Waals surface area (Å²) in [6.07, 6.45) is 5.09. The van der Waals surface area contributed by atoms with Crippen LogP contribution in [0.1, 0.15) is 23.2 Å². The van der Waals surface area contributed by atoms with E-state index in [0.717, 1.165) is 29.7 Å². The van der Waals surface area contributed by atoms with Gasteiger partial charge in [0, 0.05) is 25.9 Å². The van der Waals surface area contributed by atoms with Crippen LogP contribution in [0.15, 0.2) is 48.9 Å². The number of pyridine rings is 1. The summed E-state index contributed by atoms with van der Waals surface area (Å²) in [6, 6.07) is 11.5. The van der Waals surface area contributed by atoms with E-state index in [1.165, 1.54) is 0 Å². The van der Waals surface area contributed by atoms with Crippen LogP contribution in [0.2, 0.25) is 0 Å². The van der Waals surface area contributed by atoms with E-state index in [-0.39, 0.29) is 12.5 Å². The molecule has 6 nitrogen and oxygen atoms in total. The van der Waals surface area contributed by atoms with Crippen LogP contribution >= 0.6 is 0 Å². The van der Waals surface area contributed by atoms with Crippen LogP contribution < -0.4 is 0 Å². The van der Waals surface area contributed by atoms with Crippen molar-refractivity contribution in [3.63, 3.8) is 0 Å². The summed E-state index contributed by atoms with van der Waals surface area (Å²) >= 11 is 0. The van der Waals surface area contributed by atoms with Crippen molar-refractivity contribution in [2.24, 2.45) is 5.92 Å². The van der Waals surface area contributed by atoms with Crippen molar-refractivity contribution in [2.75, 3.05) is 19.7 Å². The van der Waals surface area contributed by atoms with Gasteiger partial charge >= 0.3 is 0 Å². The van der Waals surface area contributed by atoms with Crippen LogP contribution in [0.5, 0.6) is 0 Å². The maximum Gasteiger partial charge on any atom is 0.255 e. The normalized spacial score (nSPS) is 15.6. The maximum atomic E-state index is 12.6. The van der Waals surface area contributed by atoms with Crippen LogP contribution in [0.25, 0.3) is 16.9 Å². The third kappa shape index (κ3) is 3.00. The Morgan fingerprint density at radius 2 is 1.92 bits per heavy atom. The zero-order valence-corrected chi connectivity index (χ0v) is 13.9. The number of hydrogen-bond acceptors (Lipinski definition) is 4. The van der Waals surface area contributed by atoms with Gasteiger partial charge in [0.25, 0.3) is 5.91 Å². The molecule has 0 bridgehead atoms. The maximum absolute atomic E-state index is 12.6. The molecule has 4 rings (SSSR count). The minimum atomic E-state index is 0.00549. The van der Waals surface area contributed by atoms with Crippen molar-refractivity contribution in [1.82, 2.24) is 19.4 Å². The molecule has 2 aromatic heterocycles. The number of amides is 1. The zero-order chi connectivity index (χ0) is 17.2. The van der Waals surface area contributed by atoms with Gasteiger partial charge in [-0.05, 0) is 43.0 Å². The van der Waals surface area contributed by atoms with E-state index in [2.05, 4.69) is 9.97 Å². The molecule has 1 aromatic carbocycles. The van der Waals surface area contributed by atoms with Crippen molar-refractivity contribution in [3.8, 4) is 5.82 Å². The molecule has 3 heterocycles. The Morgan fingerprint density at radius 3 is 2.64 bits per heavy atom. The average Bonchev–Trinajstić information content (AvgIpc) is 3.12. The lowest BCUT2D eigenvalue weighted by Gasteiger charge is -2.31. The highest BCUT2D eigenvalue weighted by Crippen LogP contribution is 2.20. The van der Waals surface area contributed by atoms with Crippen LogP contribution in [0.3, 0.4) is 0 Å². The number of fused-ring (bicyclic) bond motifs is 1. The summed E-state index contributed by atoms with van der Waals surface area (Å²) < 4.78 is 1.91. The van der Waals surface area contributed by atoms with Gasteiger partial charge in [0.15, 0.2) is 0 Å². The predicted octanol–water partition coefficient (Wildman–Crippen LogP) is 2.26. The smallest absolute Gasteiger partial charge is 0.255 e. The minimum Gasteiger partial charge on any atom is -0.396 e. The van der Waals surface area contributed by atoms with Crippen LogP contribution in [-0.2, 0) is 0 Å². The fourth-order valence-corrected chi connectivity index (χ4v) is 3.30. The number of hydrogen-bond donors (Lipinski definition) is 1. The molecule has 0 aliphatic carbocycles. The highest BCUT2D eigenvalue weighted by Gasteiger charge is 2.23. The van der Waals surface area contributed by atoms with Gasteiger partial charge in [-0.25, -0.2) is 9.97 Å². The number of aliphatic hydroxyl groups is 1. The molecule has 1 aliphatic heterocycles. The molecular formula is C19H20N4O2. The Kier molecular flexibility index (Phi) is 4.19. The molecule has 1 aliphatic rings. The Labute approximate surface area is 145 Å². The van der Waals surface area contributed by atoms with E-state index < -0.39 is 0 Å². The van der Waals surface area contributed by atoms with Gasteiger partial charge in [-0.15, -0.1) is 0 Å². The molecule has 1 amide bonds.